The Kier molecular flexibility index (Phi) is 4.03. The fourth-order valence-corrected chi connectivity index (χ4v) is 1.24. The molecule has 1 rings (SSSR count). The minimum Gasteiger partial charge on any atom is -0.423 e. The van der Waals surface area contributed by atoms with Gasteiger partial charge in [-0.25, -0.2) is 4.39 Å². The number of rotatable bonds is 3. The van der Waals surface area contributed by atoms with Crippen LogP contribution in [-0.2, 0) is 0 Å². The Bertz CT molecular complexity index is 396. The third kappa shape index (κ3) is 3.32. The fraction of sp³-hybridized carbons (Fsp3) is 0.300. The van der Waals surface area contributed by atoms with Crippen LogP contribution < -0.4 is 10.8 Å². The molecule has 6 heteroatoms. The van der Waals surface area contributed by atoms with E-state index >= 15 is 0 Å². The molecule has 0 heterocycles. The van der Waals surface area contributed by atoms with Crippen LogP contribution in [0.3, 0.4) is 0 Å². The number of nitrogens with one attached hydrogen (secondary N) is 1. The molecule has 1 amide bonds. The molecule has 0 atom stereocenters. The lowest BCUT2D eigenvalue weighted by Gasteiger charge is -2.09. The van der Waals surface area contributed by atoms with Crippen LogP contribution in [0.5, 0.6) is 0 Å². The van der Waals surface area contributed by atoms with Crippen LogP contribution in [0.15, 0.2) is 18.2 Å². The molecule has 0 saturated heterocycles. The van der Waals surface area contributed by atoms with Gasteiger partial charge in [-0.1, -0.05) is 0 Å². The van der Waals surface area contributed by atoms with Gasteiger partial charge in [-0.15, -0.1) is 0 Å². The maximum atomic E-state index is 13.1. The number of benzene rings is 1. The van der Waals surface area contributed by atoms with Gasteiger partial charge in [0.25, 0.3) is 5.91 Å². The number of carbonyl (C=O) groups excluding carboxylic acids is 1. The molecule has 1 aromatic rings. The zero-order chi connectivity index (χ0) is 12.3. The summed E-state index contributed by atoms with van der Waals surface area (Å²) in [4.78, 5) is 11.5. The van der Waals surface area contributed by atoms with Crippen LogP contribution in [-0.4, -0.2) is 29.1 Å². The monoisotopic (exact) mass is 225 g/mol. The summed E-state index contributed by atoms with van der Waals surface area (Å²) in [7, 11) is -1.79. The average Bonchev–Trinajstić information content (AvgIpc) is 2.15. The van der Waals surface area contributed by atoms with Crippen LogP contribution in [0.4, 0.5) is 4.39 Å². The Morgan fingerprint density at radius 2 is 2.00 bits per heavy atom. The molecular formula is C10H13BFNO3. The quantitative estimate of drug-likeness (QED) is 0.615. The average molecular weight is 225 g/mol. The van der Waals surface area contributed by atoms with E-state index in [1.807, 2.05) is 0 Å². The minimum absolute atomic E-state index is 0.0473. The SMILES string of the molecule is CC(C)NC(=O)c1cc(F)cc(B(O)O)c1. The summed E-state index contributed by atoms with van der Waals surface area (Å²) in [5, 5.41) is 20.4. The second-order valence-corrected chi connectivity index (χ2v) is 3.78. The highest BCUT2D eigenvalue weighted by molar-refractivity contribution is 6.58. The lowest BCUT2D eigenvalue weighted by atomic mass is 9.79. The normalized spacial score (nSPS) is 10.4. The van der Waals surface area contributed by atoms with Crippen LogP contribution in [0.25, 0.3) is 0 Å². The lowest BCUT2D eigenvalue weighted by Crippen LogP contribution is -2.34. The fourth-order valence-electron chi connectivity index (χ4n) is 1.24. The van der Waals surface area contributed by atoms with E-state index in [2.05, 4.69) is 5.32 Å². The van der Waals surface area contributed by atoms with Crippen molar-refractivity contribution in [2.24, 2.45) is 0 Å². The molecular weight excluding hydrogens is 212 g/mol. The molecule has 0 fully saturated rings. The van der Waals surface area contributed by atoms with E-state index in [4.69, 9.17) is 10.0 Å². The zero-order valence-corrected chi connectivity index (χ0v) is 9.07. The summed E-state index contributed by atoms with van der Waals surface area (Å²) in [6.07, 6.45) is 0. The Morgan fingerprint density at radius 3 is 2.50 bits per heavy atom. The van der Waals surface area contributed by atoms with E-state index in [1.165, 1.54) is 6.07 Å². The molecule has 0 unspecified atom stereocenters. The van der Waals surface area contributed by atoms with Crippen LogP contribution in [0.1, 0.15) is 24.2 Å². The minimum atomic E-state index is -1.79. The molecule has 0 aliphatic rings. The summed E-state index contributed by atoms with van der Waals surface area (Å²) < 4.78 is 13.1. The summed E-state index contributed by atoms with van der Waals surface area (Å²) in [5.74, 6) is -1.13. The van der Waals surface area contributed by atoms with E-state index < -0.39 is 18.8 Å². The second kappa shape index (κ2) is 5.09. The largest absolute Gasteiger partial charge is 0.488 e. The smallest absolute Gasteiger partial charge is 0.423 e. The van der Waals surface area contributed by atoms with Gasteiger partial charge in [-0.05, 0) is 37.5 Å². The Balaban J connectivity index is 3.00. The van der Waals surface area contributed by atoms with E-state index in [-0.39, 0.29) is 17.1 Å². The number of halogens is 1. The first-order valence-electron chi connectivity index (χ1n) is 4.87. The number of hydrogen-bond acceptors (Lipinski definition) is 3. The topological polar surface area (TPSA) is 69.6 Å². The molecule has 16 heavy (non-hydrogen) atoms. The van der Waals surface area contributed by atoms with E-state index in [9.17, 15) is 9.18 Å². The highest BCUT2D eigenvalue weighted by Crippen LogP contribution is 2.03. The maximum Gasteiger partial charge on any atom is 0.488 e. The van der Waals surface area contributed by atoms with Gasteiger partial charge in [0.15, 0.2) is 0 Å². The van der Waals surface area contributed by atoms with E-state index in [0.29, 0.717) is 0 Å². The Labute approximate surface area is 93.2 Å². The number of carbonyl (C=O) groups is 1. The first-order valence-corrected chi connectivity index (χ1v) is 4.87. The van der Waals surface area contributed by atoms with Crippen molar-refractivity contribution in [3.8, 4) is 0 Å². The van der Waals surface area contributed by atoms with Crippen LogP contribution >= 0.6 is 0 Å². The molecule has 4 nitrogen and oxygen atoms in total. The van der Waals surface area contributed by atoms with Gasteiger partial charge in [0.05, 0.1) is 0 Å². The molecule has 0 radical (unpaired) electrons. The molecule has 0 bridgehead atoms. The van der Waals surface area contributed by atoms with Crippen molar-refractivity contribution < 1.29 is 19.2 Å². The van der Waals surface area contributed by atoms with Crippen molar-refractivity contribution in [1.82, 2.24) is 5.32 Å². The van der Waals surface area contributed by atoms with Gasteiger partial charge in [0, 0.05) is 11.6 Å². The third-order valence-corrected chi connectivity index (χ3v) is 1.90. The number of hydrogen-bond donors (Lipinski definition) is 3. The molecule has 0 aliphatic carbocycles. The van der Waals surface area contributed by atoms with Crippen molar-refractivity contribution >= 4 is 18.5 Å². The standard InChI is InChI=1S/C10H13BFNO3/c1-6(2)13-10(14)7-3-8(11(15)16)5-9(12)4-7/h3-6,15-16H,1-2H3,(H,13,14). The molecule has 0 aromatic heterocycles. The van der Waals surface area contributed by atoms with Crippen molar-refractivity contribution in [2.45, 2.75) is 19.9 Å². The van der Waals surface area contributed by atoms with Crippen LogP contribution in [0, 0.1) is 5.82 Å². The number of amides is 1. The maximum absolute atomic E-state index is 13.1. The van der Waals surface area contributed by atoms with Gasteiger partial charge < -0.3 is 15.4 Å². The predicted molar refractivity (Wildman–Crippen MR) is 58.8 cm³/mol. The van der Waals surface area contributed by atoms with Crippen LogP contribution in [0.2, 0.25) is 0 Å². The highest BCUT2D eigenvalue weighted by Gasteiger charge is 2.16. The van der Waals surface area contributed by atoms with Crippen molar-refractivity contribution in [3.63, 3.8) is 0 Å². The first kappa shape index (κ1) is 12.7. The third-order valence-electron chi connectivity index (χ3n) is 1.90. The summed E-state index contributed by atoms with van der Waals surface area (Å²) >= 11 is 0. The molecule has 0 saturated carbocycles. The second-order valence-electron chi connectivity index (χ2n) is 3.78. The van der Waals surface area contributed by atoms with Crippen molar-refractivity contribution in [2.75, 3.05) is 0 Å². The van der Waals surface area contributed by atoms with Crippen molar-refractivity contribution in [3.05, 3.63) is 29.6 Å². The van der Waals surface area contributed by atoms with Gasteiger partial charge in [0.2, 0.25) is 0 Å². The molecule has 86 valence electrons. The summed E-state index contributed by atoms with van der Waals surface area (Å²) in [6.45, 7) is 3.55. The van der Waals surface area contributed by atoms with Gasteiger partial charge in [-0.3, -0.25) is 4.79 Å². The first-order chi connectivity index (χ1) is 7.40. The van der Waals surface area contributed by atoms with Crippen molar-refractivity contribution in [1.29, 1.82) is 0 Å². The predicted octanol–water partition coefficient (Wildman–Crippen LogP) is -0.356. The van der Waals surface area contributed by atoms with Gasteiger partial charge in [-0.2, -0.15) is 0 Å². The molecule has 3 N–H and O–H groups in total. The van der Waals surface area contributed by atoms with Gasteiger partial charge >= 0.3 is 7.12 Å². The lowest BCUT2D eigenvalue weighted by molar-refractivity contribution is 0.0942. The summed E-state index contributed by atoms with van der Waals surface area (Å²) in [5.41, 5.74) is 0.0192. The molecule has 0 spiro atoms. The Hall–Kier alpha value is -1.40. The summed E-state index contributed by atoms with van der Waals surface area (Å²) in [6, 6.07) is 3.18. The highest BCUT2D eigenvalue weighted by atomic mass is 19.1. The van der Waals surface area contributed by atoms with Gasteiger partial charge in [0.1, 0.15) is 5.82 Å². The molecule has 0 aliphatic heterocycles. The molecule has 1 aromatic carbocycles. The Morgan fingerprint density at radius 1 is 1.38 bits per heavy atom. The van der Waals surface area contributed by atoms with E-state index in [0.717, 1.165) is 12.1 Å². The van der Waals surface area contributed by atoms with E-state index in [1.54, 1.807) is 13.8 Å². The zero-order valence-electron chi connectivity index (χ0n) is 9.07.